The molecule has 0 N–H and O–H groups in total. The molecule has 2 fully saturated rings. The van der Waals surface area contributed by atoms with E-state index in [1.165, 1.54) is 87.0 Å². The molecule has 53 heavy (non-hydrogen) atoms. The predicted octanol–water partition coefficient (Wildman–Crippen LogP) is 13.9. The first kappa shape index (κ1) is 30.9. The van der Waals surface area contributed by atoms with Gasteiger partial charge in [0, 0.05) is 27.9 Å². The molecule has 0 amide bonds. The van der Waals surface area contributed by atoms with E-state index in [0.717, 1.165) is 23.2 Å². The van der Waals surface area contributed by atoms with E-state index in [1.807, 2.05) is 0 Å². The number of hydrogen-bond donors (Lipinski definition) is 0. The fraction of sp³-hybridized carbons (Fsp3) is 0.192. The summed E-state index contributed by atoms with van der Waals surface area (Å²) in [6.07, 6.45) is 5.47. The van der Waals surface area contributed by atoms with Crippen molar-refractivity contribution in [2.75, 3.05) is 4.90 Å². The maximum atomic E-state index is 2.56. The highest BCUT2D eigenvalue weighted by Crippen LogP contribution is 2.66. The van der Waals surface area contributed by atoms with E-state index in [-0.39, 0.29) is 10.8 Å². The first-order valence-corrected chi connectivity index (χ1v) is 19.5. The molecule has 3 unspecified atom stereocenters. The molecular weight excluding hydrogens is 639 g/mol. The van der Waals surface area contributed by atoms with Crippen molar-refractivity contribution in [3.05, 3.63) is 186 Å². The van der Waals surface area contributed by atoms with Gasteiger partial charge in [-0.25, -0.2) is 0 Å². The second-order valence-corrected chi connectivity index (χ2v) is 16.6. The lowest BCUT2D eigenvalue weighted by molar-refractivity contribution is 0.327. The van der Waals surface area contributed by atoms with E-state index in [4.69, 9.17) is 0 Å². The average molecular weight is 682 g/mol. The minimum Gasteiger partial charge on any atom is -0.310 e. The highest BCUT2D eigenvalue weighted by molar-refractivity contribution is 5.88. The molecule has 4 aliphatic rings. The maximum Gasteiger partial charge on any atom is 0.0467 e. The predicted molar refractivity (Wildman–Crippen MR) is 221 cm³/mol. The average Bonchev–Trinajstić information content (AvgIpc) is 3.96. The molecule has 0 radical (unpaired) electrons. The summed E-state index contributed by atoms with van der Waals surface area (Å²) in [5, 5.41) is 0. The highest BCUT2D eigenvalue weighted by atomic mass is 15.1. The van der Waals surface area contributed by atoms with E-state index >= 15 is 0 Å². The summed E-state index contributed by atoms with van der Waals surface area (Å²) in [6.45, 7) is 4.74. The highest BCUT2D eigenvalue weighted by Gasteiger charge is 2.56. The largest absolute Gasteiger partial charge is 0.310 e. The Morgan fingerprint density at radius 1 is 0.434 bits per heavy atom. The summed E-state index contributed by atoms with van der Waals surface area (Å²) < 4.78 is 0. The number of hydrogen-bond acceptors (Lipinski definition) is 1. The Hall–Kier alpha value is -5.66. The fourth-order valence-electron chi connectivity index (χ4n) is 11.1. The Bertz CT molecular complexity index is 2560. The summed E-state index contributed by atoms with van der Waals surface area (Å²) >= 11 is 0. The number of anilines is 3. The summed E-state index contributed by atoms with van der Waals surface area (Å²) in [5.74, 6) is 1.63. The van der Waals surface area contributed by atoms with Gasteiger partial charge in [0.1, 0.15) is 0 Å². The molecule has 7 aromatic carbocycles. The van der Waals surface area contributed by atoms with Gasteiger partial charge in [-0.2, -0.15) is 0 Å². The van der Waals surface area contributed by atoms with Crippen molar-refractivity contribution in [1.29, 1.82) is 0 Å². The molecular formula is C52H43N. The molecule has 4 aliphatic carbocycles. The molecule has 3 atom stereocenters. The van der Waals surface area contributed by atoms with Gasteiger partial charge < -0.3 is 4.90 Å². The third-order valence-electron chi connectivity index (χ3n) is 13.5. The summed E-state index contributed by atoms with van der Waals surface area (Å²) in [4.78, 5) is 2.44. The summed E-state index contributed by atoms with van der Waals surface area (Å²) in [6, 6.07) is 61.7. The van der Waals surface area contributed by atoms with Gasteiger partial charge in [-0.05, 0) is 140 Å². The van der Waals surface area contributed by atoms with Crippen molar-refractivity contribution in [1.82, 2.24) is 0 Å². The van der Waals surface area contributed by atoms with Gasteiger partial charge in [-0.1, -0.05) is 142 Å². The number of rotatable bonds is 5. The second-order valence-electron chi connectivity index (χ2n) is 16.6. The van der Waals surface area contributed by atoms with Crippen LogP contribution < -0.4 is 4.90 Å². The van der Waals surface area contributed by atoms with E-state index in [1.54, 1.807) is 11.1 Å². The van der Waals surface area contributed by atoms with Crippen LogP contribution in [0.3, 0.4) is 0 Å². The zero-order valence-electron chi connectivity index (χ0n) is 30.5. The quantitative estimate of drug-likeness (QED) is 0.175. The van der Waals surface area contributed by atoms with E-state index in [2.05, 4.69) is 183 Å². The van der Waals surface area contributed by atoms with Crippen LogP contribution in [0.5, 0.6) is 0 Å². The maximum absolute atomic E-state index is 2.56. The van der Waals surface area contributed by atoms with Crippen molar-refractivity contribution in [2.24, 2.45) is 11.8 Å². The normalized spacial score (nSPS) is 20.9. The van der Waals surface area contributed by atoms with E-state index in [9.17, 15) is 0 Å². The SMILES string of the molecule is CC1(C)c2ccccc2-c2ccc(N(c3ccc(-c4ccc5c(c4)C4(CC6CCC4C6)c4ccccc4-5)cc3)c3cccc(-c4ccccc4)c3)cc21. The van der Waals surface area contributed by atoms with Gasteiger partial charge >= 0.3 is 0 Å². The van der Waals surface area contributed by atoms with Crippen molar-refractivity contribution < 1.29 is 0 Å². The second kappa shape index (κ2) is 11.4. The molecule has 1 nitrogen and oxygen atoms in total. The van der Waals surface area contributed by atoms with Gasteiger partial charge in [-0.15, -0.1) is 0 Å². The van der Waals surface area contributed by atoms with Gasteiger partial charge in [0.15, 0.2) is 0 Å². The van der Waals surface area contributed by atoms with Crippen molar-refractivity contribution >= 4 is 17.1 Å². The lowest BCUT2D eigenvalue weighted by Gasteiger charge is -2.36. The van der Waals surface area contributed by atoms with Gasteiger partial charge in [-0.3, -0.25) is 0 Å². The standard InChI is InChI=1S/C52H43N/c1-51(2)47-17-8-6-15-43(47)45-28-26-42(32-49(45)51)53(41-14-10-13-37(30-41)35-11-4-3-5-12-35)40-24-20-36(21-25-40)38-22-27-46-44-16-7-9-18-48(44)52(50(46)31-38)33-34-19-23-39(52)29-34/h3-18,20-22,24-28,30-32,34,39H,19,23,29,33H2,1-2H3. The summed E-state index contributed by atoms with van der Waals surface area (Å²) in [7, 11) is 0. The third kappa shape index (κ3) is 4.50. The van der Waals surface area contributed by atoms with Gasteiger partial charge in [0.25, 0.3) is 0 Å². The Morgan fingerprint density at radius 2 is 1.02 bits per heavy atom. The van der Waals surface area contributed by atoms with Gasteiger partial charge in [0.2, 0.25) is 0 Å². The number of nitrogens with zero attached hydrogens (tertiary/aromatic N) is 1. The minimum absolute atomic E-state index is 0.0766. The molecule has 0 aliphatic heterocycles. The monoisotopic (exact) mass is 681 g/mol. The molecule has 7 aromatic rings. The van der Waals surface area contributed by atoms with Crippen LogP contribution >= 0.6 is 0 Å². The number of fused-ring (bicyclic) bond motifs is 11. The van der Waals surface area contributed by atoms with Crippen molar-refractivity contribution in [3.8, 4) is 44.5 Å². The summed E-state index contributed by atoms with van der Waals surface area (Å²) in [5.41, 5.74) is 20.2. The zero-order chi connectivity index (χ0) is 35.3. The Morgan fingerprint density at radius 3 is 1.79 bits per heavy atom. The van der Waals surface area contributed by atoms with Crippen LogP contribution in [0.15, 0.2) is 164 Å². The van der Waals surface area contributed by atoms with Crippen molar-refractivity contribution in [2.45, 2.75) is 50.4 Å². The van der Waals surface area contributed by atoms with Crippen LogP contribution in [0.4, 0.5) is 17.1 Å². The number of benzene rings is 7. The molecule has 0 aromatic heterocycles. The lowest BCUT2D eigenvalue weighted by Crippen LogP contribution is -2.31. The van der Waals surface area contributed by atoms with Crippen molar-refractivity contribution in [3.63, 3.8) is 0 Å². The Kier molecular flexibility index (Phi) is 6.66. The smallest absolute Gasteiger partial charge is 0.0467 e. The zero-order valence-corrected chi connectivity index (χ0v) is 30.5. The Balaban J connectivity index is 1.02. The lowest BCUT2D eigenvalue weighted by atomic mass is 9.66. The fourth-order valence-corrected chi connectivity index (χ4v) is 11.1. The van der Waals surface area contributed by atoms with Crippen LogP contribution in [0.1, 0.15) is 61.8 Å². The van der Waals surface area contributed by atoms with Gasteiger partial charge in [0.05, 0.1) is 0 Å². The third-order valence-corrected chi connectivity index (χ3v) is 13.5. The van der Waals surface area contributed by atoms with Crippen LogP contribution in [-0.2, 0) is 10.8 Å². The molecule has 2 bridgehead atoms. The van der Waals surface area contributed by atoms with Crippen LogP contribution in [0.25, 0.3) is 44.5 Å². The first-order chi connectivity index (χ1) is 26.0. The first-order valence-electron chi connectivity index (χ1n) is 19.5. The van der Waals surface area contributed by atoms with E-state index < -0.39 is 0 Å². The topological polar surface area (TPSA) is 3.24 Å². The molecule has 0 heterocycles. The molecule has 1 heteroatoms. The molecule has 2 saturated carbocycles. The Labute approximate surface area is 313 Å². The molecule has 1 spiro atoms. The molecule has 0 saturated heterocycles. The van der Waals surface area contributed by atoms with E-state index in [0.29, 0.717) is 0 Å². The minimum atomic E-state index is -0.0766. The van der Waals surface area contributed by atoms with Crippen LogP contribution in [0.2, 0.25) is 0 Å². The van der Waals surface area contributed by atoms with Crippen LogP contribution in [-0.4, -0.2) is 0 Å². The molecule has 11 rings (SSSR count). The molecule has 256 valence electrons. The van der Waals surface area contributed by atoms with Crippen LogP contribution in [0, 0.1) is 11.8 Å².